The molecule has 248 valence electrons. The predicted molar refractivity (Wildman–Crippen MR) is 181 cm³/mol. The van der Waals surface area contributed by atoms with E-state index in [1.165, 1.54) is 12.8 Å². The second-order valence-corrected chi connectivity index (χ2v) is 16.6. The molecule has 7 heteroatoms. The highest BCUT2D eigenvalue weighted by Gasteiger charge is 2.42. The molecule has 0 aromatic heterocycles. The van der Waals surface area contributed by atoms with Gasteiger partial charge in [0.25, 0.3) is 0 Å². The smallest absolute Gasteiger partial charge is 0.236 e. The van der Waals surface area contributed by atoms with Crippen LogP contribution in [0.5, 0.6) is 0 Å². The summed E-state index contributed by atoms with van der Waals surface area (Å²) in [4.78, 5) is 18.8. The molecule has 0 aromatic carbocycles. The van der Waals surface area contributed by atoms with Crippen molar-refractivity contribution in [3.05, 3.63) is 0 Å². The third-order valence-corrected chi connectivity index (χ3v) is 9.57. The summed E-state index contributed by atoms with van der Waals surface area (Å²) in [6.45, 7) is 32.9. The summed E-state index contributed by atoms with van der Waals surface area (Å²) < 4.78 is 0. The molecule has 2 heterocycles. The first kappa shape index (κ1) is 37.5. The van der Waals surface area contributed by atoms with Gasteiger partial charge in [0.05, 0.1) is 6.54 Å². The Morgan fingerprint density at radius 1 is 0.786 bits per heavy atom. The average Bonchev–Trinajstić information content (AvgIpc) is 2.81. The highest BCUT2D eigenvalue weighted by molar-refractivity contribution is 5.78. The standard InChI is InChI=1S/C35H72N6O/c1-13-16-27(3)25-36-17-18-37-26-31(42)41(30-23-34(9,10)39-35(11,12)24-30)20-15-19-40(28(4)14-2)29-21-32(5,6)38-33(7,8)22-29/h27-30,36-39H,13-26H2,1-12H3. The molecule has 0 spiro atoms. The number of carbonyl (C=O) groups is 1. The summed E-state index contributed by atoms with van der Waals surface area (Å²) in [5, 5.41) is 14.7. The summed E-state index contributed by atoms with van der Waals surface area (Å²) in [7, 11) is 0. The van der Waals surface area contributed by atoms with Gasteiger partial charge in [-0.15, -0.1) is 0 Å². The maximum Gasteiger partial charge on any atom is 0.236 e. The molecule has 2 fully saturated rings. The molecule has 0 saturated carbocycles. The number of carbonyl (C=O) groups excluding carboxylic acids is 1. The molecule has 7 nitrogen and oxygen atoms in total. The van der Waals surface area contributed by atoms with Crippen LogP contribution in [0.3, 0.4) is 0 Å². The van der Waals surface area contributed by atoms with Crippen LogP contribution in [0.4, 0.5) is 0 Å². The highest BCUT2D eigenvalue weighted by atomic mass is 16.2. The molecule has 2 saturated heterocycles. The van der Waals surface area contributed by atoms with E-state index >= 15 is 0 Å². The lowest BCUT2D eigenvalue weighted by Gasteiger charge is -2.51. The van der Waals surface area contributed by atoms with Gasteiger partial charge in [-0.1, -0.05) is 27.2 Å². The Labute approximate surface area is 261 Å². The Kier molecular flexibility index (Phi) is 14.3. The first-order chi connectivity index (χ1) is 19.4. The van der Waals surface area contributed by atoms with Crippen LogP contribution in [-0.4, -0.2) is 95.3 Å². The molecule has 2 atom stereocenters. The molecule has 2 aliphatic heterocycles. The molecular weight excluding hydrogens is 520 g/mol. The fraction of sp³-hybridized carbons (Fsp3) is 0.971. The van der Waals surface area contributed by atoms with Gasteiger partial charge in [0, 0.05) is 66.5 Å². The Morgan fingerprint density at radius 3 is 1.79 bits per heavy atom. The number of nitrogens with one attached hydrogen (secondary N) is 4. The third-order valence-electron chi connectivity index (χ3n) is 9.57. The van der Waals surface area contributed by atoms with E-state index in [9.17, 15) is 4.79 Å². The lowest BCUT2D eigenvalue weighted by molar-refractivity contribution is -0.134. The van der Waals surface area contributed by atoms with E-state index in [1.807, 2.05) is 0 Å². The number of amides is 1. The zero-order valence-corrected chi connectivity index (χ0v) is 30.0. The Balaban J connectivity index is 2.08. The molecule has 0 radical (unpaired) electrons. The SMILES string of the molecule is CCCC(C)CNCCNCC(=O)N(CCCN(C(C)CC)C1CC(C)(C)NC(C)(C)C1)C1CC(C)(C)NC(C)(C)C1. The summed E-state index contributed by atoms with van der Waals surface area (Å²) >= 11 is 0. The van der Waals surface area contributed by atoms with Crippen molar-refractivity contribution in [2.75, 3.05) is 39.3 Å². The van der Waals surface area contributed by atoms with Gasteiger partial charge in [-0.2, -0.15) is 0 Å². The minimum absolute atomic E-state index is 0.00645. The molecule has 0 aromatic rings. The van der Waals surface area contributed by atoms with E-state index in [2.05, 4.69) is 114 Å². The second kappa shape index (κ2) is 16.0. The highest BCUT2D eigenvalue weighted by Crippen LogP contribution is 2.34. The summed E-state index contributed by atoms with van der Waals surface area (Å²) in [5.41, 5.74) is 0.265. The van der Waals surface area contributed by atoms with Gasteiger partial charge in [-0.25, -0.2) is 0 Å². The average molecular weight is 593 g/mol. The van der Waals surface area contributed by atoms with Crippen molar-refractivity contribution < 1.29 is 4.79 Å². The number of hydrogen-bond donors (Lipinski definition) is 4. The monoisotopic (exact) mass is 593 g/mol. The van der Waals surface area contributed by atoms with Gasteiger partial charge in [-0.3, -0.25) is 9.69 Å². The van der Waals surface area contributed by atoms with E-state index in [-0.39, 0.29) is 34.1 Å². The quantitative estimate of drug-likeness (QED) is 0.166. The maximum atomic E-state index is 13.8. The van der Waals surface area contributed by atoms with E-state index in [0.29, 0.717) is 24.5 Å². The zero-order valence-electron chi connectivity index (χ0n) is 30.0. The van der Waals surface area contributed by atoms with Crippen molar-refractivity contribution in [3.63, 3.8) is 0 Å². The number of nitrogens with zero attached hydrogens (tertiary/aromatic N) is 2. The van der Waals surface area contributed by atoms with Gasteiger partial charge >= 0.3 is 0 Å². The minimum atomic E-state index is 0.00645. The lowest BCUT2D eigenvalue weighted by atomic mass is 9.78. The summed E-state index contributed by atoms with van der Waals surface area (Å²) in [6, 6.07) is 1.35. The molecular formula is C35H72N6O. The normalized spacial score (nSPS) is 23.5. The van der Waals surface area contributed by atoms with Crippen LogP contribution in [-0.2, 0) is 4.79 Å². The van der Waals surface area contributed by atoms with E-state index in [1.54, 1.807) is 0 Å². The Bertz CT molecular complexity index is 777. The van der Waals surface area contributed by atoms with Crippen LogP contribution < -0.4 is 21.3 Å². The van der Waals surface area contributed by atoms with Crippen molar-refractivity contribution >= 4 is 5.91 Å². The molecule has 4 N–H and O–H groups in total. The summed E-state index contributed by atoms with van der Waals surface area (Å²) in [6.07, 6.45) is 8.97. The van der Waals surface area contributed by atoms with Gasteiger partial charge in [-0.05, 0) is 120 Å². The first-order valence-electron chi connectivity index (χ1n) is 17.4. The van der Waals surface area contributed by atoms with Crippen LogP contribution in [0.25, 0.3) is 0 Å². The maximum absolute atomic E-state index is 13.8. The molecule has 2 aliphatic rings. The molecule has 42 heavy (non-hydrogen) atoms. The fourth-order valence-corrected chi connectivity index (χ4v) is 8.34. The summed E-state index contributed by atoms with van der Waals surface area (Å²) in [5.74, 6) is 0.961. The van der Waals surface area contributed by atoms with E-state index in [4.69, 9.17) is 0 Å². The van der Waals surface area contributed by atoms with Crippen molar-refractivity contribution in [1.82, 2.24) is 31.1 Å². The molecule has 1 amide bonds. The molecule has 2 unspecified atom stereocenters. The van der Waals surface area contributed by atoms with E-state index < -0.39 is 0 Å². The van der Waals surface area contributed by atoms with Gasteiger partial charge in [0.15, 0.2) is 0 Å². The topological polar surface area (TPSA) is 71.7 Å². The molecule has 0 aliphatic carbocycles. The molecule has 0 bridgehead atoms. The van der Waals surface area contributed by atoms with Gasteiger partial charge in [0.1, 0.15) is 0 Å². The Hall–Kier alpha value is -0.730. The van der Waals surface area contributed by atoms with Crippen molar-refractivity contribution in [1.29, 1.82) is 0 Å². The van der Waals surface area contributed by atoms with Gasteiger partial charge in [0.2, 0.25) is 5.91 Å². The number of piperidine rings is 2. The number of rotatable bonds is 17. The van der Waals surface area contributed by atoms with Crippen LogP contribution in [0.1, 0.15) is 134 Å². The molecule has 2 rings (SSSR count). The Morgan fingerprint density at radius 2 is 1.29 bits per heavy atom. The number of hydrogen-bond acceptors (Lipinski definition) is 6. The van der Waals surface area contributed by atoms with E-state index in [0.717, 1.165) is 71.2 Å². The second-order valence-electron chi connectivity index (χ2n) is 16.6. The zero-order chi connectivity index (χ0) is 31.8. The lowest BCUT2D eigenvalue weighted by Crippen LogP contribution is -2.64. The fourth-order valence-electron chi connectivity index (χ4n) is 8.34. The van der Waals surface area contributed by atoms with Crippen LogP contribution in [0.15, 0.2) is 0 Å². The minimum Gasteiger partial charge on any atom is -0.338 e. The van der Waals surface area contributed by atoms with Gasteiger partial charge < -0.3 is 26.2 Å². The largest absolute Gasteiger partial charge is 0.338 e. The third kappa shape index (κ3) is 12.7. The van der Waals surface area contributed by atoms with Crippen molar-refractivity contribution in [2.24, 2.45) is 5.92 Å². The predicted octanol–water partition coefficient (Wildman–Crippen LogP) is 5.54. The van der Waals surface area contributed by atoms with Crippen LogP contribution in [0.2, 0.25) is 0 Å². The van der Waals surface area contributed by atoms with Crippen molar-refractivity contribution in [3.8, 4) is 0 Å². The van der Waals surface area contributed by atoms with Crippen LogP contribution >= 0.6 is 0 Å². The first-order valence-corrected chi connectivity index (χ1v) is 17.4. The van der Waals surface area contributed by atoms with Crippen LogP contribution in [0, 0.1) is 5.92 Å². The van der Waals surface area contributed by atoms with Crippen molar-refractivity contribution in [2.45, 2.75) is 175 Å².